The normalized spacial score (nSPS) is 27.4. The maximum atomic E-state index is 12.4. The van der Waals surface area contributed by atoms with E-state index in [1.165, 1.54) is 6.92 Å². The summed E-state index contributed by atoms with van der Waals surface area (Å²) < 4.78 is 18.1. The van der Waals surface area contributed by atoms with Gasteiger partial charge in [0.05, 0.1) is 11.4 Å². The molecule has 2 rings (SSSR count). The van der Waals surface area contributed by atoms with Crippen LogP contribution in [-0.4, -0.2) is 50.4 Å². The van der Waals surface area contributed by atoms with Crippen LogP contribution < -0.4 is 5.32 Å². The number of aliphatic carboxylic acids is 1. The van der Waals surface area contributed by atoms with Gasteiger partial charge in [-0.1, -0.05) is 0 Å². The van der Waals surface area contributed by atoms with E-state index in [0.717, 1.165) is 25.7 Å². The minimum Gasteiger partial charge on any atom is -0.480 e. The van der Waals surface area contributed by atoms with Gasteiger partial charge in [-0.3, -0.25) is 9.00 Å². The van der Waals surface area contributed by atoms with E-state index in [0.29, 0.717) is 13.0 Å². The van der Waals surface area contributed by atoms with Gasteiger partial charge in [-0.2, -0.15) is 0 Å². The van der Waals surface area contributed by atoms with E-state index in [2.05, 4.69) is 5.32 Å². The van der Waals surface area contributed by atoms with Crippen molar-refractivity contribution < 1.29 is 23.6 Å². The molecule has 1 aliphatic heterocycles. The largest absolute Gasteiger partial charge is 0.480 e. The summed E-state index contributed by atoms with van der Waals surface area (Å²) in [5.74, 6) is -1.59. The fourth-order valence-electron chi connectivity index (χ4n) is 2.85. The monoisotopic (exact) mass is 303 g/mol. The Hall–Kier alpha value is -0.950. The van der Waals surface area contributed by atoms with Crippen LogP contribution in [0.1, 0.15) is 39.0 Å². The van der Waals surface area contributed by atoms with Gasteiger partial charge in [0.15, 0.2) is 0 Å². The molecule has 114 valence electrons. The van der Waals surface area contributed by atoms with Crippen LogP contribution >= 0.6 is 0 Å². The molecule has 2 N–H and O–H groups in total. The summed E-state index contributed by atoms with van der Waals surface area (Å²) in [7, 11) is -1.26. The Balaban J connectivity index is 1.92. The van der Waals surface area contributed by atoms with Crippen molar-refractivity contribution in [3.8, 4) is 0 Å². The van der Waals surface area contributed by atoms with Crippen molar-refractivity contribution in [3.63, 3.8) is 0 Å². The van der Waals surface area contributed by atoms with Gasteiger partial charge in [0.2, 0.25) is 5.91 Å². The smallest absolute Gasteiger partial charge is 0.327 e. The molecule has 2 aliphatic rings. The minimum absolute atomic E-state index is 0.0281. The molecule has 0 bridgehead atoms. The molecule has 20 heavy (non-hydrogen) atoms. The number of carbonyl (C=O) groups is 2. The number of hydrogen-bond acceptors (Lipinski definition) is 4. The number of nitrogens with one attached hydrogen (secondary N) is 1. The molecule has 1 heterocycles. The molecule has 0 aromatic heterocycles. The Morgan fingerprint density at radius 3 is 2.70 bits per heavy atom. The van der Waals surface area contributed by atoms with Gasteiger partial charge in [-0.15, -0.1) is 0 Å². The molecule has 3 unspecified atom stereocenters. The lowest BCUT2D eigenvalue weighted by Crippen LogP contribution is -2.50. The molecule has 1 amide bonds. The molecule has 1 saturated heterocycles. The predicted octanol–water partition coefficient (Wildman–Crippen LogP) is 0.426. The van der Waals surface area contributed by atoms with Crippen LogP contribution in [0.4, 0.5) is 0 Å². The number of hydrogen-bond donors (Lipinski definition) is 2. The SMILES string of the molecule is CC(=O)NC(CS(=O)C1CCOC2(CCC2)C1)C(=O)O. The predicted molar refractivity (Wildman–Crippen MR) is 73.8 cm³/mol. The highest BCUT2D eigenvalue weighted by Crippen LogP contribution is 2.43. The molecule has 0 aromatic rings. The topological polar surface area (TPSA) is 92.7 Å². The molecule has 1 spiro atoms. The average Bonchev–Trinajstić information content (AvgIpc) is 2.35. The van der Waals surface area contributed by atoms with Crippen LogP contribution in [0, 0.1) is 0 Å². The molecule has 2 fully saturated rings. The van der Waals surface area contributed by atoms with Crippen molar-refractivity contribution in [1.29, 1.82) is 0 Å². The third-order valence-electron chi connectivity index (χ3n) is 4.09. The molecule has 0 aromatic carbocycles. The Labute approximate surface area is 120 Å². The fraction of sp³-hybridized carbons (Fsp3) is 0.846. The Kier molecular flexibility index (Phi) is 4.80. The van der Waals surface area contributed by atoms with Crippen molar-refractivity contribution in [1.82, 2.24) is 5.32 Å². The second-order valence-electron chi connectivity index (χ2n) is 5.64. The third-order valence-corrected chi connectivity index (χ3v) is 5.90. The van der Waals surface area contributed by atoms with Gasteiger partial charge in [0.1, 0.15) is 6.04 Å². The zero-order valence-corrected chi connectivity index (χ0v) is 12.4. The highest BCUT2D eigenvalue weighted by molar-refractivity contribution is 7.85. The van der Waals surface area contributed by atoms with Crippen molar-refractivity contribution in [3.05, 3.63) is 0 Å². The van der Waals surface area contributed by atoms with Crippen LogP contribution in [-0.2, 0) is 25.1 Å². The Bertz CT molecular complexity index is 421. The number of carbonyl (C=O) groups excluding carboxylic acids is 1. The molecular formula is C13H21NO5S. The van der Waals surface area contributed by atoms with Gasteiger partial charge >= 0.3 is 5.97 Å². The molecule has 3 atom stereocenters. The molecule has 1 aliphatic carbocycles. The molecule has 0 radical (unpaired) electrons. The summed E-state index contributed by atoms with van der Waals surface area (Å²) in [4.78, 5) is 22.1. The van der Waals surface area contributed by atoms with Crippen molar-refractivity contribution in [2.45, 2.75) is 55.9 Å². The first-order chi connectivity index (χ1) is 9.42. The zero-order valence-electron chi connectivity index (χ0n) is 11.6. The summed E-state index contributed by atoms with van der Waals surface area (Å²) in [5, 5.41) is 11.4. The van der Waals surface area contributed by atoms with E-state index in [9.17, 15) is 13.8 Å². The number of ether oxygens (including phenoxy) is 1. The summed E-state index contributed by atoms with van der Waals surface area (Å²) >= 11 is 0. The molecule has 6 nitrogen and oxygen atoms in total. The van der Waals surface area contributed by atoms with E-state index in [1.807, 2.05) is 0 Å². The van der Waals surface area contributed by atoms with Gasteiger partial charge in [-0.05, 0) is 32.1 Å². The summed E-state index contributed by atoms with van der Waals surface area (Å²) in [5.41, 5.74) is -0.106. The van der Waals surface area contributed by atoms with E-state index in [4.69, 9.17) is 9.84 Å². The lowest BCUT2D eigenvalue weighted by molar-refractivity contribution is -0.140. The maximum absolute atomic E-state index is 12.4. The highest BCUT2D eigenvalue weighted by atomic mass is 32.2. The first kappa shape index (κ1) is 15.4. The minimum atomic E-state index is -1.26. The standard InChI is InChI=1S/C13H21NO5S/c1-9(15)14-11(12(16)17)8-20(18)10-3-6-19-13(7-10)4-2-5-13/h10-11H,2-8H2,1H3,(H,14,15)(H,16,17). The van der Waals surface area contributed by atoms with E-state index in [-0.39, 0.29) is 16.6 Å². The Morgan fingerprint density at radius 1 is 1.50 bits per heavy atom. The lowest BCUT2D eigenvalue weighted by atomic mass is 9.75. The van der Waals surface area contributed by atoms with E-state index in [1.54, 1.807) is 0 Å². The van der Waals surface area contributed by atoms with Crippen LogP contribution in [0.15, 0.2) is 0 Å². The second-order valence-corrected chi connectivity index (χ2v) is 7.40. The zero-order chi connectivity index (χ0) is 14.8. The number of carboxylic acid groups (broad SMARTS) is 1. The molecule has 7 heteroatoms. The van der Waals surface area contributed by atoms with Gasteiger partial charge in [0, 0.05) is 29.6 Å². The first-order valence-corrected chi connectivity index (χ1v) is 8.31. The van der Waals surface area contributed by atoms with Crippen LogP contribution in [0.3, 0.4) is 0 Å². The quantitative estimate of drug-likeness (QED) is 0.768. The van der Waals surface area contributed by atoms with Crippen molar-refractivity contribution in [2.24, 2.45) is 0 Å². The van der Waals surface area contributed by atoms with Crippen molar-refractivity contribution in [2.75, 3.05) is 12.4 Å². The summed E-state index contributed by atoms with van der Waals surface area (Å²) in [6, 6.07) is -1.08. The van der Waals surface area contributed by atoms with Crippen molar-refractivity contribution >= 4 is 22.7 Å². The summed E-state index contributed by atoms with van der Waals surface area (Å²) in [6.45, 7) is 1.85. The second kappa shape index (κ2) is 6.22. The number of amides is 1. The van der Waals surface area contributed by atoms with Crippen LogP contribution in [0.2, 0.25) is 0 Å². The lowest BCUT2D eigenvalue weighted by Gasteiger charge is -2.47. The highest BCUT2D eigenvalue weighted by Gasteiger charge is 2.44. The Morgan fingerprint density at radius 2 is 2.20 bits per heavy atom. The van der Waals surface area contributed by atoms with Gasteiger partial charge in [-0.25, -0.2) is 4.79 Å². The third kappa shape index (κ3) is 3.58. The van der Waals surface area contributed by atoms with E-state index < -0.39 is 28.7 Å². The van der Waals surface area contributed by atoms with Crippen LogP contribution in [0.5, 0.6) is 0 Å². The number of carboxylic acids is 1. The molecular weight excluding hydrogens is 282 g/mol. The average molecular weight is 303 g/mol. The fourth-order valence-corrected chi connectivity index (χ4v) is 4.52. The number of rotatable bonds is 5. The summed E-state index contributed by atoms with van der Waals surface area (Å²) in [6.07, 6.45) is 4.60. The van der Waals surface area contributed by atoms with E-state index >= 15 is 0 Å². The maximum Gasteiger partial charge on any atom is 0.327 e. The van der Waals surface area contributed by atoms with Gasteiger partial charge in [0.25, 0.3) is 0 Å². The first-order valence-electron chi connectivity index (χ1n) is 6.93. The molecule has 1 saturated carbocycles. The van der Waals surface area contributed by atoms with Gasteiger partial charge < -0.3 is 15.2 Å². The van der Waals surface area contributed by atoms with Crippen LogP contribution in [0.25, 0.3) is 0 Å².